The van der Waals surface area contributed by atoms with Gasteiger partial charge in [0.15, 0.2) is 4.32 Å². The van der Waals surface area contributed by atoms with Crippen LogP contribution in [0.3, 0.4) is 0 Å². The number of thioether (sulfide) groups is 1. The SMILES string of the molecule is CSC(=S)N/N=C\c1cccn1C. The van der Waals surface area contributed by atoms with Gasteiger partial charge in [-0.05, 0) is 18.4 Å². The maximum atomic E-state index is 4.91. The van der Waals surface area contributed by atoms with Gasteiger partial charge in [-0.2, -0.15) is 5.10 Å². The lowest BCUT2D eigenvalue weighted by atomic mass is 10.5. The van der Waals surface area contributed by atoms with Crippen LogP contribution in [-0.2, 0) is 7.05 Å². The summed E-state index contributed by atoms with van der Waals surface area (Å²) in [5.41, 5.74) is 3.79. The highest BCUT2D eigenvalue weighted by Gasteiger charge is 1.91. The van der Waals surface area contributed by atoms with Crippen LogP contribution in [0.5, 0.6) is 0 Å². The lowest BCUT2D eigenvalue weighted by Crippen LogP contribution is -2.10. The molecule has 0 amide bonds. The Balaban J connectivity index is 2.50. The molecule has 0 aliphatic heterocycles. The van der Waals surface area contributed by atoms with Gasteiger partial charge in [0.2, 0.25) is 0 Å². The number of hydrogen-bond donors (Lipinski definition) is 1. The standard InChI is InChI=1S/C8H11N3S2/c1-11-5-3-4-7(11)6-9-10-8(12)13-2/h3-6H,1-2H3,(H,10,12)/b9-6-. The van der Waals surface area contributed by atoms with E-state index < -0.39 is 0 Å². The van der Waals surface area contributed by atoms with Gasteiger partial charge in [-0.3, -0.25) is 5.43 Å². The molecule has 0 aliphatic rings. The summed E-state index contributed by atoms with van der Waals surface area (Å²) in [6, 6.07) is 3.95. The van der Waals surface area contributed by atoms with Crippen molar-refractivity contribution in [3.8, 4) is 0 Å². The predicted molar refractivity (Wildman–Crippen MR) is 62.3 cm³/mol. The lowest BCUT2D eigenvalue weighted by molar-refractivity contribution is 0.914. The van der Waals surface area contributed by atoms with Crippen molar-refractivity contribution in [3.05, 3.63) is 24.0 Å². The van der Waals surface area contributed by atoms with Crippen molar-refractivity contribution in [3.63, 3.8) is 0 Å². The molecule has 70 valence electrons. The highest BCUT2D eigenvalue weighted by Crippen LogP contribution is 1.96. The van der Waals surface area contributed by atoms with Crippen molar-refractivity contribution in [1.29, 1.82) is 0 Å². The van der Waals surface area contributed by atoms with E-state index in [0.717, 1.165) is 5.69 Å². The Morgan fingerprint density at radius 1 is 1.77 bits per heavy atom. The Kier molecular flexibility index (Phi) is 3.98. The molecule has 1 N–H and O–H groups in total. The first-order valence-electron chi connectivity index (χ1n) is 3.72. The van der Waals surface area contributed by atoms with Gasteiger partial charge in [0.05, 0.1) is 11.9 Å². The van der Waals surface area contributed by atoms with E-state index in [1.165, 1.54) is 11.8 Å². The van der Waals surface area contributed by atoms with Crippen molar-refractivity contribution in [2.75, 3.05) is 6.26 Å². The number of aryl methyl sites for hydroxylation is 1. The molecule has 0 unspecified atom stereocenters. The van der Waals surface area contributed by atoms with Gasteiger partial charge in [0.1, 0.15) is 0 Å². The van der Waals surface area contributed by atoms with Crippen LogP contribution in [0.15, 0.2) is 23.4 Å². The molecular weight excluding hydrogens is 202 g/mol. The summed E-state index contributed by atoms with van der Waals surface area (Å²) >= 11 is 6.38. The molecular formula is C8H11N3S2. The summed E-state index contributed by atoms with van der Waals surface area (Å²) in [7, 11) is 1.97. The fourth-order valence-electron chi connectivity index (χ4n) is 0.805. The van der Waals surface area contributed by atoms with Crippen molar-refractivity contribution < 1.29 is 0 Å². The normalized spacial score (nSPS) is 10.6. The van der Waals surface area contributed by atoms with Crippen molar-refractivity contribution >= 4 is 34.5 Å². The predicted octanol–water partition coefficient (Wildman–Crippen LogP) is 1.60. The highest BCUT2D eigenvalue weighted by molar-refractivity contribution is 8.22. The first-order valence-corrected chi connectivity index (χ1v) is 5.35. The third-order valence-electron chi connectivity index (χ3n) is 1.52. The Morgan fingerprint density at radius 2 is 2.54 bits per heavy atom. The minimum Gasteiger partial charge on any atom is -0.350 e. The zero-order chi connectivity index (χ0) is 9.68. The summed E-state index contributed by atoms with van der Waals surface area (Å²) < 4.78 is 2.65. The third kappa shape index (κ3) is 3.20. The number of thiocarbonyl (C=S) groups is 1. The maximum Gasteiger partial charge on any atom is 0.153 e. The Hall–Kier alpha value is -0.810. The van der Waals surface area contributed by atoms with E-state index in [1.54, 1.807) is 6.21 Å². The zero-order valence-corrected chi connectivity index (χ0v) is 9.15. The number of nitrogens with zero attached hydrogens (tertiary/aromatic N) is 2. The topological polar surface area (TPSA) is 29.3 Å². The Morgan fingerprint density at radius 3 is 3.08 bits per heavy atom. The van der Waals surface area contributed by atoms with Gasteiger partial charge in [-0.25, -0.2) is 0 Å². The number of aromatic nitrogens is 1. The van der Waals surface area contributed by atoms with E-state index in [-0.39, 0.29) is 0 Å². The Labute approximate surface area is 87.2 Å². The van der Waals surface area contributed by atoms with Gasteiger partial charge in [-0.15, -0.1) is 0 Å². The molecule has 0 bridgehead atoms. The number of rotatable bonds is 2. The number of hydrogen-bond acceptors (Lipinski definition) is 3. The molecule has 0 radical (unpaired) electrons. The van der Waals surface area contributed by atoms with Crippen LogP contribution in [0.4, 0.5) is 0 Å². The van der Waals surface area contributed by atoms with Gasteiger partial charge in [0, 0.05) is 13.2 Å². The summed E-state index contributed by atoms with van der Waals surface area (Å²) in [5.74, 6) is 0. The number of hydrazone groups is 1. The molecule has 0 atom stereocenters. The molecule has 0 saturated heterocycles. The summed E-state index contributed by atoms with van der Waals surface area (Å²) in [5, 5.41) is 3.99. The fraction of sp³-hybridized carbons (Fsp3) is 0.250. The molecule has 0 fully saturated rings. The molecule has 3 nitrogen and oxygen atoms in total. The molecule has 5 heteroatoms. The first kappa shape index (κ1) is 10.3. The van der Waals surface area contributed by atoms with E-state index >= 15 is 0 Å². The van der Waals surface area contributed by atoms with E-state index in [2.05, 4.69) is 10.5 Å². The molecule has 0 spiro atoms. The summed E-state index contributed by atoms with van der Waals surface area (Å²) in [6.07, 6.45) is 5.62. The molecule has 1 rings (SSSR count). The minimum atomic E-state index is 0.672. The van der Waals surface area contributed by atoms with E-state index in [4.69, 9.17) is 12.2 Å². The average molecular weight is 213 g/mol. The van der Waals surface area contributed by atoms with Crippen LogP contribution in [0.1, 0.15) is 5.69 Å². The van der Waals surface area contributed by atoms with Gasteiger partial charge in [-0.1, -0.05) is 24.0 Å². The monoisotopic (exact) mass is 213 g/mol. The molecule has 1 heterocycles. The maximum absolute atomic E-state index is 4.91. The highest BCUT2D eigenvalue weighted by atomic mass is 32.2. The fourth-order valence-corrected chi connectivity index (χ4v) is 1.00. The largest absolute Gasteiger partial charge is 0.350 e. The van der Waals surface area contributed by atoms with Gasteiger partial charge in [0.25, 0.3) is 0 Å². The molecule has 13 heavy (non-hydrogen) atoms. The average Bonchev–Trinajstić information content (AvgIpc) is 2.52. The number of nitrogens with one attached hydrogen (secondary N) is 1. The van der Waals surface area contributed by atoms with Crippen LogP contribution in [0.2, 0.25) is 0 Å². The van der Waals surface area contributed by atoms with E-state index in [0.29, 0.717) is 4.32 Å². The smallest absolute Gasteiger partial charge is 0.153 e. The second-order valence-corrected chi connectivity index (χ2v) is 3.89. The lowest BCUT2D eigenvalue weighted by Gasteiger charge is -1.97. The van der Waals surface area contributed by atoms with Crippen molar-refractivity contribution in [2.45, 2.75) is 0 Å². The van der Waals surface area contributed by atoms with E-state index in [1.807, 2.05) is 36.2 Å². The van der Waals surface area contributed by atoms with Crippen LogP contribution in [0, 0.1) is 0 Å². The molecule has 0 aromatic carbocycles. The van der Waals surface area contributed by atoms with E-state index in [9.17, 15) is 0 Å². The van der Waals surface area contributed by atoms with Crippen LogP contribution in [0.25, 0.3) is 0 Å². The molecule has 0 aliphatic carbocycles. The van der Waals surface area contributed by atoms with Crippen LogP contribution < -0.4 is 5.43 Å². The second-order valence-electron chi connectivity index (χ2n) is 2.41. The van der Waals surface area contributed by atoms with Gasteiger partial charge >= 0.3 is 0 Å². The Bertz CT molecular complexity index is 317. The molecule has 0 saturated carbocycles. The van der Waals surface area contributed by atoms with Crippen LogP contribution >= 0.6 is 24.0 Å². The van der Waals surface area contributed by atoms with Gasteiger partial charge < -0.3 is 4.57 Å². The van der Waals surface area contributed by atoms with Crippen molar-refractivity contribution in [1.82, 2.24) is 9.99 Å². The molecule has 1 aromatic rings. The molecule has 1 aromatic heterocycles. The zero-order valence-electron chi connectivity index (χ0n) is 7.52. The summed E-state index contributed by atoms with van der Waals surface area (Å²) in [6.45, 7) is 0. The second kappa shape index (κ2) is 5.04. The van der Waals surface area contributed by atoms with Crippen LogP contribution in [-0.4, -0.2) is 21.4 Å². The summed E-state index contributed by atoms with van der Waals surface area (Å²) in [4.78, 5) is 0. The third-order valence-corrected chi connectivity index (χ3v) is 2.58. The van der Waals surface area contributed by atoms with Crippen molar-refractivity contribution in [2.24, 2.45) is 12.1 Å². The minimum absolute atomic E-state index is 0.672. The quantitative estimate of drug-likeness (QED) is 0.459. The first-order chi connectivity index (χ1) is 6.24.